The Morgan fingerprint density at radius 1 is 1.00 bits per heavy atom. The second kappa shape index (κ2) is 6.24. The maximum absolute atomic E-state index is 12.0. The molecule has 1 saturated carbocycles. The molecule has 23 heavy (non-hydrogen) atoms. The van der Waals surface area contributed by atoms with Crippen LogP contribution in [0.15, 0.2) is 48.5 Å². The van der Waals surface area contributed by atoms with Gasteiger partial charge < -0.3 is 10.2 Å². The van der Waals surface area contributed by atoms with Crippen LogP contribution in [0.25, 0.3) is 11.1 Å². The van der Waals surface area contributed by atoms with Crippen molar-refractivity contribution < 1.29 is 9.59 Å². The SMILES string of the molecule is CN(C)C(=O)c1ccc(-c2ccccc2NC(=O)C2CC2)cc1. The molecular formula is C19H20N2O2. The summed E-state index contributed by atoms with van der Waals surface area (Å²) in [6.45, 7) is 0. The lowest BCUT2D eigenvalue weighted by Crippen LogP contribution is -2.21. The van der Waals surface area contributed by atoms with E-state index >= 15 is 0 Å². The molecule has 0 heterocycles. The number of benzene rings is 2. The fourth-order valence-electron chi connectivity index (χ4n) is 2.47. The summed E-state index contributed by atoms with van der Waals surface area (Å²) in [4.78, 5) is 25.5. The van der Waals surface area contributed by atoms with E-state index in [9.17, 15) is 9.59 Å². The Labute approximate surface area is 136 Å². The predicted molar refractivity (Wildman–Crippen MR) is 91.2 cm³/mol. The topological polar surface area (TPSA) is 49.4 Å². The summed E-state index contributed by atoms with van der Waals surface area (Å²) in [5.41, 5.74) is 3.41. The van der Waals surface area contributed by atoms with Gasteiger partial charge in [0.05, 0.1) is 0 Å². The van der Waals surface area contributed by atoms with Gasteiger partial charge in [0.15, 0.2) is 0 Å². The van der Waals surface area contributed by atoms with Gasteiger partial charge in [-0.25, -0.2) is 0 Å². The van der Waals surface area contributed by atoms with Crippen LogP contribution in [0.4, 0.5) is 5.69 Å². The molecule has 118 valence electrons. The minimum absolute atomic E-state index is 0.0214. The quantitative estimate of drug-likeness (QED) is 0.941. The van der Waals surface area contributed by atoms with Crippen molar-refractivity contribution in [3.8, 4) is 11.1 Å². The van der Waals surface area contributed by atoms with E-state index < -0.39 is 0 Å². The average molecular weight is 308 g/mol. The molecule has 0 aliphatic heterocycles. The van der Waals surface area contributed by atoms with Crippen LogP contribution in [-0.2, 0) is 4.79 Å². The van der Waals surface area contributed by atoms with Gasteiger partial charge in [-0.1, -0.05) is 30.3 Å². The Hall–Kier alpha value is -2.62. The zero-order valence-electron chi connectivity index (χ0n) is 13.4. The summed E-state index contributed by atoms with van der Waals surface area (Å²) < 4.78 is 0. The highest BCUT2D eigenvalue weighted by molar-refractivity contribution is 5.98. The average Bonchev–Trinajstić information content (AvgIpc) is 3.40. The van der Waals surface area contributed by atoms with E-state index in [4.69, 9.17) is 0 Å². The molecule has 0 bridgehead atoms. The molecular weight excluding hydrogens is 288 g/mol. The molecule has 2 aromatic rings. The maximum Gasteiger partial charge on any atom is 0.253 e. The molecule has 0 unspecified atom stereocenters. The number of carbonyl (C=O) groups excluding carboxylic acids is 2. The van der Waals surface area contributed by atoms with Crippen LogP contribution in [0.1, 0.15) is 23.2 Å². The highest BCUT2D eigenvalue weighted by Crippen LogP contribution is 2.33. The number of rotatable bonds is 4. The first-order valence-corrected chi connectivity index (χ1v) is 7.78. The van der Waals surface area contributed by atoms with Crippen molar-refractivity contribution in [2.24, 2.45) is 5.92 Å². The van der Waals surface area contributed by atoms with Gasteiger partial charge in [-0.2, -0.15) is 0 Å². The van der Waals surface area contributed by atoms with Crippen molar-refractivity contribution in [3.05, 3.63) is 54.1 Å². The second-order valence-electron chi connectivity index (χ2n) is 6.09. The van der Waals surface area contributed by atoms with Gasteiger partial charge in [-0.05, 0) is 36.6 Å². The van der Waals surface area contributed by atoms with Crippen molar-refractivity contribution in [3.63, 3.8) is 0 Å². The lowest BCUT2D eigenvalue weighted by Gasteiger charge is -2.13. The van der Waals surface area contributed by atoms with Gasteiger partial charge in [0.2, 0.25) is 5.91 Å². The number of carbonyl (C=O) groups is 2. The zero-order valence-corrected chi connectivity index (χ0v) is 13.4. The first-order valence-electron chi connectivity index (χ1n) is 7.78. The molecule has 2 amide bonds. The predicted octanol–water partition coefficient (Wildman–Crippen LogP) is 3.40. The minimum atomic E-state index is -0.0214. The van der Waals surface area contributed by atoms with Crippen molar-refractivity contribution in [2.45, 2.75) is 12.8 Å². The largest absolute Gasteiger partial charge is 0.345 e. The van der Waals surface area contributed by atoms with Crippen LogP contribution in [0, 0.1) is 5.92 Å². The Morgan fingerprint density at radius 2 is 1.65 bits per heavy atom. The number of amides is 2. The van der Waals surface area contributed by atoms with Crippen LogP contribution in [-0.4, -0.2) is 30.8 Å². The number of anilines is 1. The molecule has 0 radical (unpaired) electrons. The van der Waals surface area contributed by atoms with Crippen LogP contribution >= 0.6 is 0 Å². The molecule has 1 N–H and O–H groups in total. The molecule has 4 heteroatoms. The molecule has 0 aromatic heterocycles. The maximum atomic E-state index is 12.0. The molecule has 1 aliphatic carbocycles. The number of hydrogen-bond acceptors (Lipinski definition) is 2. The van der Waals surface area contributed by atoms with Gasteiger partial charge in [0, 0.05) is 36.8 Å². The molecule has 4 nitrogen and oxygen atoms in total. The normalized spacial score (nSPS) is 13.5. The lowest BCUT2D eigenvalue weighted by atomic mass is 10.0. The van der Waals surface area contributed by atoms with Crippen LogP contribution in [0.2, 0.25) is 0 Å². The molecule has 1 fully saturated rings. The number of hydrogen-bond donors (Lipinski definition) is 1. The summed E-state index contributed by atoms with van der Waals surface area (Å²) in [5.74, 6) is 0.242. The van der Waals surface area contributed by atoms with Crippen LogP contribution in [0.5, 0.6) is 0 Å². The van der Waals surface area contributed by atoms with E-state index in [0.717, 1.165) is 29.7 Å². The van der Waals surface area contributed by atoms with Crippen molar-refractivity contribution >= 4 is 17.5 Å². The van der Waals surface area contributed by atoms with Crippen molar-refractivity contribution in [2.75, 3.05) is 19.4 Å². The van der Waals surface area contributed by atoms with Gasteiger partial charge in [0.25, 0.3) is 5.91 Å². The van der Waals surface area contributed by atoms with Crippen molar-refractivity contribution in [1.29, 1.82) is 0 Å². The molecule has 1 aliphatic rings. The highest BCUT2D eigenvalue weighted by atomic mass is 16.2. The van der Waals surface area contributed by atoms with Gasteiger partial charge in [-0.15, -0.1) is 0 Å². The smallest absolute Gasteiger partial charge is 0.253 e. The Kier molecular flexibility index (Phi) is 4.15. The Balaban J connectivity index is 1.86. The van der Waals surface area contributed by atoms with E-state index in [1.54, 1.807) is 19.0 Å². The third kappa shape index (κ3) is 3.42. The van der Waals surface area contributed by atoms with E-state index in [0.29, 0.717) is 5.56 Å². The third-order valence-electron chi connectivity index (χ3n) is 3.98. The summed E-state index contributed by atoms with van der Waals surface area (Å²) >= 11 is 0. The molecule has 0 spiro atoms. The van der Waals surface area contributed by atoms with E-state index in [2.05, 4.69) is 5.32 Å². The molecule has 0 atom stereocenters. The highest BCUT2D eigenvalue weighted by Gasteiger charge is 2.29. The second-order valence-corrected chi connectivity index (χ2v) is 6.09. The van der Waals surface area contributed by atoms with Crippen LogP contribution in [0.3, 0.4) is 0 Å². The van der Waals surface area contributed by atoms with E-state index in [1.807, 2.05) is 48.5 Å². The minimum Gasteiger partial charge on any atom is -0.345 e. The van der Waals surface area contributed by atoms with Gasteiger partial charge >= 0.3 is 0 Å². The number of nitrogens with one attached hydrogen (secondary N) is 1. The standard InChI is InChI=1S/C19H20N2O2/c1-21(2)19(23)15-11-7-13(8-12-15)16-5-3-4-6-17(16)20-18(22)14-9-10-14/h3-8,11-12,14H,9-10H2,1-2H3,(H,20,22). The molecule has 3 rings (SSSR count). The Bertz CT molecular complexity index is 731. The van der Waals surface area contributed by atoms with E-state index in [-0.39, 0.29) is 17.7 Å². The Morgan fingerprint density at radius 3 is 2.26 bits per heavy atom. The molecule has 2 aromatic carbocycles. The summed E-state index contributed by atoms with van der Waals surface area (Å²) in [7, 11) is 3.47. The zero-order chi connectivity index (χ0) is 16.4. The fraction of sp³-hybridized carbons (Fsp3) is 0.263. The van der Waals surface area contributed by atoms with E-state index in [1.165, 1.54) is 0 Å². The number of para-hydroxylation sites is 1. The summed E-state index contributed by atoms with van der Waals surface area (Å²) in [6, 6.07) is 15.2. The third-order valence-corrected chi connectivity index (χ3v) is 3.98. The van der Waals surface area contributed by atoms with Crippen LogP contribution < -0.4 is 5.32 Å². The summed E-state index contributed by atoms with van der Waals surface area (Å²) in [5, 5.41) is 3.01. The molecule has 0 saturated heterocycles. The monoisotopic (exact) mass is 308 g/mol. The number of nitrogens with zero attached hydrogens (tertiary/aromatic N) is 1. The van der Waals surface area contributed by atoms with Gasteiger partial charge in [0.1, 0.15) is 0 Å². The van der Waals surface area contributed by atoms with Crippen molar-refractivity contribution in [1.82, 2.24) is 4.90 Å². The summed E-state index contributed by atoms with van der Waals surface area (Å²) in [6.07, 6.45) is 1.96. The van der Waals surface area contributed by atoms with Gasteiger partial charge in [-0.3, -0.25) is 9.59 Å². The lowest BCUT2D eigenvalue weighted by molar-refractivity contribution is -0.117. The first kappa shape index (κ1) is 15.3. The first-order chi connectivity index (χ1) is 11.1. The fourth-order valence-corrected chi connectivity index (χ4v) is 2.47.